The third-order valence-corrected chi connectivity index (χ3v) is 6.08. The first-order valence-electron chi connectivity index (χ1n) is 12.5. The standard InChI is InChI=1S/C26H34F3N5O5/c1-16-30-13-19(22(32-16)18-9-11-34(12-10-18)23(36)39-24(3,4)5)25(37,14-31-17(2)35)15-38-21-8-6-7-20(33-21)26(27,28)29/h6-8,13,18,37H,9-12,14-15H2,1-5H3,(H,31,35). The van der Waals surface area contributed by atoms with Crippen molar-refractivity contribution < 1.29 is 37.3 Å². The SMILES string of the molecule is CC(=O)NCC(O)(COc1cccc(C(F)(F)F)n1)c1cnc(C)nc1C1CCN(C(=O)OC(C)(C)C)CC1. The van der Waals surface area contributed by atoms with Crippen LogP contribution in [0, 0.1) is 6.92 Å². The maximum Gasteiger partial charge on any atom is 0.433 e. The average Bonchev–Trinajstić information content (AvgIpc) is 2.85. The van der Waals surface area contributed by atoms with Crippen LogP contribution >= 0.6 is 0 Å². The summed E-state index contributed by atoms with van der Waals surface area (Å²) < 4.78 is 50.3. The van der Waals surface area contributed by atoms with Crippen LogP contribution in [0.5, 0.6) is 5.88 Å². The molecule has 2 N–H and O–H groups in total. The van der Waals surface area contributed by atoms with E-state index in [2.05, 4.69) is 20.3 Å². The van der Waals surface area contributed by atoms with Gasteiger partial charge in [-0.2, -0.15) is 13.2 Å². The van der Waals surface area contributed by atoms with Crippen LogP contribution in [0.25, 0.3) is 0 Å². The molecule has 1 unspecified atom stereocenters. The fraction of sp³-hybridized carbons (Fsp3) is 0.577. The summed E-state index contributed by atoms with van der Waals surface area (Å²) in [6.45, 7) is 8.30. The van der Waals surface area contributed by atoms with Crippen LogP contribution in [0.3, 0.4) is 0 Å². The number of alkyl halides is 3. The number of nitrogens with one attached hydrogen (secondary N) is 1. The van der Waals surface area contributed by atoms with Crippen molar-refractivity contribution in [2.75, 3.05) is 26.2 Å². The molecule has 0 bridgehead atoms. The zero-order chi connectivity index (χ0) is 29.0. The number of likely N-dealkylation sites (tertiary alicyclic amines) is 1. The molecule has 0 spiro atoms. The van der Waals surface area contributed by atoms with Crippen LogP contribution in [-0.4, -0.2) is 68.8 Å². The highest BCUT2D eigenvalue weighted by Gasteiger charge is 2.38. The molecule has 1 fully saturated rings. The first-order valence-corrected chi connectivity index (χ1v) is 12.5. The van der Waals surface area contributed by atoms with Gasteiger partial charge in [0, 0.05) is 43.8 Å². The molecule has 10 nitrogen and oxygen atoms in total. The second-order valence-electron chi connectivity index (χ2n) is 10.5. The van der Waals surface area contributed by atoms with Gasteiger partial charge in [0.1, 0.15) is 29.3 Å². The van der Waals surface area contributed by atoms with E-state index in [0.717, 1.165) is 12.1 Å². The Morgan fingerprint density at radius 1 is 1.15 bits per heavy atom. The number of hydrogen-bond donors (Lipinski definition) is 2. The Labute approximate surface area is 224 Å². The largest absolute Gasteiger partial charge is 0.474 e. The number of carbonyl (C=O) groups excluding carboxylic acids is 2. The third kappa shape index (κ3) is 8.25. The lowest BCUT2D eigenvalue weighted by atomic mass is 9.85. The summed E-state index contributed by atoms with van der Waals surface area (Å²) in [5.41, 5.74) is -2.88. The summed E-state index contributed by atoms with van der Waals surface area (Å²) in [4.78, 5) is 38.1. The molecule has 0 radical (unpaired) electrons. The van der Waals surface area contributed by atoms with Gasteiger partial charge in [-0.05, 0) is 46.6 Å². The van der Waals surface area contributed by atoms with Crippen LogP contribution in [0.15, 0.2) is 24.4 Å². The van der Waals surface area contributed by atoms with E-state index < -0.39 is 41.7 Å². The molecule has 214 valence electrons. The normalized spacial score (nSPS) is 16.4. The van der Waals surface area contributed by atoms with Gasteiger partial charge in [-0.15, -0.1) is 0 Å². The van der Waals surface area contributed by atoms with Gasteiger partial charge in [0.05, 0.1) is 12.2 Å². The molecule has 2 amide bonds. The van der Waals surface area contributed by atoms with E-state index in [4.69, 9.17) is 9.47 Å². The van der Waals surface area contributed by atoms with Crippen LogP contribution < -0.4 is 10.1 Å². The van der Waals surface area contributed by atoms with Crippen LogP contribution in [0.1, 0.15) is 69.2 Å². The lowest BCUT2D eigenvalue weighted by molar-refractivity contribution is -0.141. The van der Waals surface area contributed by atoms with E-state index >= 15 is 0 Å². The topological polar surface area (TPSA) is 127 Å². The number of rotatable bonds is 7. The number of pyridine rings is 1. The van der Waals surface area contributed by atoms with E-state index in [1.54, 1.807) is 32.6 Å². The Balaban J connectivity index is 1.87. The van der Waals surface area contributed by atoms with Crippen molar-refractivity contribution in [3.63, 3.8) is 0 Å². The number of carbonyl (C=O) groups is 2. The number of hydrogen-bond acceptors (Lipinski definition) is 8. The number of halogens is 3. The summed E-state index contributed by atoms with van der Waals surface area (Å²) in [6.07, 6.45) is -2.60. The van der Waals surface area contributed by atoms with Crippen LogP contribution in [-0.2, 0) is 21.3 Å². The Morgan fingerprint density at radius 2 is 1.82 bits per heavy atom. The Hall–Kier alpha value is -3.48. The number of ether oxygens (including phenoxy) is 2. The predicted molar refractivity (Wildman–Crippen MR) is 134 cm³/mol. The van der Waals surface area contributed by atoms with Gasteiger partial charge < -0.3 is 24.8 Å². The molecular weight excluding hydrogens is 519 g/mol. The second kappa shape index (κ2) is 11.7. The maximum atomic E-state index is 13.1. The molecule has 0 aromatic carbocycles. The minimum absolute atomic E-state index is 0.170. The average molecular weight is 554 g/mol. The zero-order valence-corrected chi connectivity index (χ0v) is 22.6. The van der Waals surface area contributed by atoms with E-state index in [9.17, 15) is 27.9 Å². The van der Waals surface area contributed by atoms with Gasteiger partial charge >= 0.3 is 12.3 Å². The van der Waals surface area contributed by atoms with E-state index in [0.29, 0.717) is 37.4 Å². The minimum atomic E-state index is -4.67. The lowest BCUT2D eigenvalue weighted by Gasteiger charge is -2.36. The molecule has 1 aliphatic rings. The molecule has 2 aromatic rings. The van der Waals surface area contributed by atoms with Crippen LogP contribution in [0.4, 0.5) is 18.0 Å². The number of nitrogens with zero attached hydrogens (tertiary/aromatic N) is 4. The highest BCUT2D eigenvalue weighted by atomic mass is 19.4. The fourth-order valence-electron chi connectivity index (χ4n) is 4.16. The molecule has 0 aliphatic carbocycles. The Morgan fingerprint density at radius 3 is 2.41 bits per heavy atom. The molecule has 3 heterocycles. The molecule has 1 aliphatic heterocycles. The van der Waals surface area contributed by atoms with Crippen molar-refractivity contribution in [2.24, 2.45) is 0 Å². The van der Waals surface area contributed by atoms with Crippen LogP contribution in [0.2, 0.25) is 0 Å². The van der Waals surface area contributed by atoms with Gasteiger partial charge in [0.2, 0.25) is 11.8 Å². The maximum absolute atomic E-state index is 13.1. The molecule has 39 heavy (non-hydrogen) atoms. The minimum Gasteiger partial charge on any atom is -0.474 e. The molecule has 1 saturated heterocycles. The van der Waals surface area contributed by atoms with Gasteiger partial charge in [-0.25, -0.2) is 19.7 Å². The van der Waals surface area contributed by atoms with Crippen molar-refractivity contribution >= 4 is 12.0 Å². The molecular formula is C26H34F3N5O5. The van der Waals surface area contributed by atoms with Crippen molar-refractivity contribution in [1.82, 2.24) is 25.2 Å². The number of aromatic nitrogens is 3. The predicted octanol–water partition coefficient (Wildman–Crippen LogP) is 3.72. The van der Waals surface area contributed by atoms with Gasteiger partial charge in [0.25, 0.3) is 0 Å². The zero-order valence-electron chi connectivity index (χ0n) is 22.6. The summed E-state index contributed by atoms with van der Waals surface area (Å²) >= 11 is 0. The van der Waals surface area contributed by atoms with Crippen molar-refractivity contribution in [3.8, 4) is 5.88 Å². The van der Waals surface area contributed by atoms with Gasteiger partial charge in [-0.3, -0.25) is 4.79 Å². The van der Waals surface area contributed by atoms with Gasteiger partial charge in [-0.1, -0.05) is 6.07 Å². The number of aryl methyl sites for hydroxylation is 1. The molecule has 13 heteroatoms. The summed E-state index contributed by atoms with van der Waals surface area (Å²) in [5, 5.41) is 14.3. The Bertz CT molecular complexity index is 1180. The van der Waals surface area contributed by atoms with Gasteiger partial charge in [0.15, 0.2) is 0 Å². The summed E-state index contributed by atoms with van der Waals surface area (Å²) in [7, 11) is 0. The lowest BCUT2D eigenvalue weighted by Crippen LogP contribution is -2.46. The quantitative estimate of drug-likeness (QED) is 0.531. The van der Waals surface area contributed by atoms with Crippen molar-refractivity contribution in [3.05, 3.63) is 47.2 Å². The Kier molecular flexibility index (Phi) is 9.04. The molecule has 2 aromatic heterocycles. The monoisotopic (exact) mass is 553 g/mol. The highest BCUT2D eigenvalue weighted by Crippen LogP contribution is 2.35. The highest BCUT2D eigenvalue weighted by molar-refractivity contribution is 5.73. The molecule has 3 rings (SSSR count). The number of amides is 2. The third-order valence-electron chi connectivity index (χ3n) is 6.08. The van der Waals surface area contributed by atoms with Crippen molar-refractivity contribution in [2.45, 2.75) is 70.8 Å². The first kappa shape index (κ1) is 30.1. The summed E-state index contributed by atoms with van der Waals surface area (Å²) in [5.74, 6) is -0.487. The molecule has 1 atom stereocenters. The fourth-order valence-corrected chi connectivity index (χ4v) is 4.16. The van der Waals surface area contributed by atoms with E-state index in [1.807, 2.05) is 0 Å². The molecule has 0 saturated carbocycles. The first-order chi connectivity index (χ1) is 18.1. The number of aliphatic hydroxyl groups is 1. The smallest absolute Gasteiger partial charge is 0.433 e. The summed E-state index contributed by atoms with van der Waals surface area (Å²) in [6, 6.07) is 3.20. The van der Waals surface area contributed by atoms with E-state index in [1.165, 1.54) is 19.2 Å². The number of piperidine rings is 1. The second-order valence-corrected chi connectivity index (χ2v) is 10.5. The van der Waals surface area contributed by atoms with E-state index in [-0.39, 0.29) is 23.9 Å². The van der Waals surface area contributed by atoms with Crippen molar-refractivity contribution in [1.29, 1.82) is 0 Å².